The molecule has 30 heavy (non-hydrogen) atoms. The second-order valence-electron chi connectivity index (χ2n) is 7.42. The Morgan fingerprint density at radius 3 is 2.77 bits per heavy atom. The van der Waals surface area contributed by atoms with E-state index in [1.165, 1.54) is 0 Å². The van der Waals surface area contributed by atoms with Crippen molar-refractivity contribution < 1.29 is 18.9 Å². The van der Waals surface area contributed by atoms with Crippen molar-refractivity contribution in [3.05, 3.63) is 35.5 Å². The molecule has 0 bridgehead atoms. The summed E-state index contributed by atoms with van der Waals surface area (Å²) in [7, 11) is 0. The third kappa shape index (κ3) is 5.03. The van der Waals surface area contributed by atoms with Crippen LogP contribution in [0.25, 0.3) is 10.9 Å². The summed E-state index contributed by atoms with van der Waals surface area (Å²) < 4.78 is 23.2. The van der Waals surface area contributed by atoms with E-state index in [1.807, 2.05) is 32.1 Å². The van der Waals surface area contributed by atoms with Gasteiger partial charge >= 0.3 is 0 Å². The molecule has 0 aliphatic carbocycles. The maximum atomic E-state index is 6.69. The molecule has 1 aromatic heterocycles. The molecule has 1 aromatic carbocycles. The topological polar surface area (TPSA) is 65.4 Å². The normalized spacial score (nSPS) is 16.9. The molecule has 0 atom stereocenters. The number of hydrogen-bond donors (Lipinski definition) is 0. The molecule has 2 aromatic rings. The molecule has 0 N–H and O–H groups in total. The molecule has 160 valence electrons. The van der Waals surface area contributed by atoms with Crippen LogP contribution >= 0.6 is 11.6 Å². The fraction of sp³-hybridized carbons (Fsp3) is 0.455. The van der Waals surface area contributed by atoms with Crippen LogP contribution in [0.3, 0.4) is 0 Å². The molecular weight excluding hydrogens is 406 g/mol. The van der Waals surface area contributed by atoms with Gasteiger partial charge in [0.05, 0.1) is 19.3 Å². The maximum Gasteiger partial charge on any atom is 0.225 e. The minimum Gasteiger partial charge on any atom is -0.491 e. The van der Waals surface area contributed by atoms with Gasteiger partial charge in [-0.25, -0.2) is 9.98 Å². The molecule has 2 aliphatic rings. The molecule has 0 spiro atoms. The molecule has 1 saturated heterocycles. The van der Waals surface area contributed by atoms with Gasteiger partial charge in [0.15, 0.2) is 0 Å². The van der Waals surface area contributed by atoms with Crippen LogP contribution in [0.2, 0.25) is 5.02 Å². The van der Waals surface area contributed by atoms with E-state index >= 15 is 0 Å². The summed E-state index contributed by atoms with van der Waals surface area (Å²) in [5.74, 6) is 2.25. The van der Waals surface area contributed by atoms with E-state index in [9.17, 15) is 0 Å². The Kier molecular flexibility index (Phi) is 6.72. The molecule has 0 saturated carbocycles. The van der Waals surface area contributed by atoms with Gasteiger partial charge in [0.1, 0.15) is 28.6 Å². The van der Waals surface area contributed by atoms with Crippen molar-refractivity contribution in [3.63, 3.8) is 0 Å². The van der Waals surface area contributed by atoms with Crippen LogP contribution in [-0.2, 0) is 4.74 Å². The average Bonchev–Trinajstić information content (AvgIpc) is 3.23. The van der Waals surface area contributed by atoms with Gasteiger partial charge in [0.25, 0.3) is 0 Å². The van der Waals surface area contributed by atoms with Crippen molar-refractivity contribution in [1.29, 1.82) is 0 Å². The highest BCUT2D eigenvalue weighted by atomic mass is 35.5. The quantitative estimate of drug-likeness (QED) is 0.658. The third-order valence-electron chi connectivity index (χ3n) is 4.79. The molecule has 7 nitrogen and oxygen atoms in total. The van der Waals surface area contributed by atoms with Gasteiger partial charge in [0, 0.05) is 43.7 Å². The Morgan fingerprint density at radius 1 is 1.20 bits per heavy atom. The predicted molar refractivity (Wildman–Crippen MR) is 117 cm³/mol. The van der Waals surface area contributed by atoms with Crippen molar-refractivity contribution in [2.75, 3.05) is 39.5 Å². The molecule has 2 aliphatic heterocycles. The van der Waals surface area contributed by atoms with Gasteiger partial charge in [-0.15, -0.1) is 0 Å². The van der Waals surface area contributed by atoms with Crippen LogP contribution < -0.4 is 14.2 Å². The zero-order valence-electron chi connectivity index (χ0n) is 17.3. The Bertz CT molecular complexity index is 955. The zero-order chi connectivity index (χ0) is 20.9. The number of halogens is 1. The Hall–Kier alpha value is -2.35. The summed E-state index contributed by atoms with van der Waals surface area (Å²) in [6, 6.07) is 5.57. The highest BCUT2D eigenvalue weighted by Crippen LogP contribution is 2.38. The first kappa shape index (κ1) is 20.9. The van der Waals surface area contributed by atoms with E-state index in [2.05, 4.69) is 14.9 Å². The largest absolute Gasteiger partial charge is 0.491 e. The first-order valence-corrected chi connectivity index (χ1v) is 10.6. The molecule has 0 amide bonds. The Morgan fingerprint density at radius 2 is 2.03 bits per heavy atom. The number of rotatable bonds is 7. The lowest BCUT2D eigenvalue weighted by Crippen LogP contribution is -2.38. The van der Waals surface area contributed by atoms with Crippen molar-refractivity contribution >= 4 is 28.4 Å². The maximum absolute atomic E-state index is 6.69. The highest BCUT2D eigenvalue weighted by molar-refractivity contribution is 6.36. The first-order valence-electron chi connectivity index (χ1n) is 10.2. The van der Waals surface area contributed by atoms with Crippen molar-refractivity contribution in [2.45, 2.75) is 26.4 Å². The van der Waals surface area contributed by atoms with E-state index in [1.54, 1.807) is 12.3 Å². The number of aromatic nitrogens is 1. The summed E-state index contributed by atoms with van der Waals surface area (Å²) in [4.78, 5) is 11.1. The Balaban J connectivity index is 1.57. The highest BCUT2D eigenvalue weighted by Gasteiger charge is 2.17. The van der Waals surface area contributed by atoms with Crippen LogP contribution in [0.5, 0.6) is 17.4 Å². The summed E-state index contributed by atoms with van der Waals surface area (Å²) >= 11 is 6.69. The number of fused-ring (bicyclic) bond motifs is 1. The molecule has 0 radical (unpaired) electrons. The predicted octanol–water partition coefficient (Wildman–Crippen LogP) is 4.08. The Labute approximate surface area is 181 Å². The van der Waals surface area contributed by atoms with Gasteiger partial charge in [-0.1, -0.05) is 17.7 Å². The minimum atomic E-state index is -0.00263. The van der Waals surface area contributed by atoms with E-state index in [0.717, 1.165) is 38.2 Å². The van der Waals surface area contributed by atoms with Gasteiger partial charge in [0.2, 0.25) is 11.8 Å². The van der Waals surface area contributed by atoms with Crippen LogP contribution in [0.15, 0.2) is 35.5 Å². The van der Waals surface area contributed by atoms with Crippen molar-refractivity contribution in [2.24, 2.45) is 4.99 Å². The van der Waals surface area contributed by atoms with Gasteiger partial charge < -0.3 is 18.9 Å². The van der Waals surface area contributed by atoms with E-state index in [-0.39, 0.29) is 6.10 Å². The van der Waals surface area contributed by atoms with Crippen LogP contribution in [0.1, 0.15) is 20.3 Å². The van der Waals surface area contributed by atoms with Crippen molar-refractivity contribution in [3.8, 4) is 17.4 Å². The molecule has 8 heteroatoms. The molecule has 4 rings (SSSR count). The van der Waals surface area contributed by atoms with Crippen LogP contribution in [0.4, 0.5) is 0 Å². The molecule has 0 unspecified atom stereocenters. The standard InChI is InChI=1S/C22H26ClN3O4/c1-15(2)29-18-14-20(30-19-4-3-7-24-19)25-22-16(18)5-6-17(21(22)23)28-13-10-26-8-11-27-12-9-26/h3,5-7,14-15H,4,8-13H2,1-2H3. The number of benzene rings is 1. The lowest BCUT2D eigenvalue weighted by atomic mass is 10.2. The number of ether oxygens (including phenoxy) is 4. The van der Waals surface area contributed by atoms with E-state index in [4.69, 9.17) is 30.5 Å². The number of nitrogens with zero attached hydrogens (tertiary/aromatic N) is 3. The molecular formula is C22H26ClN3O4. The van der Waals surface area contributed by atoms with Crippen LogP contribution in [-0.4, -0.2) is 61.3 Å². The van der Waals surface area contributed by atoms with E-state index in [0.29, 0.717) is 46.8 Å². The molecule has 3 heterocycles. The number of hydrogen-bond acceptors (Lipinski definition) is 7. The molecule has 1 fully saturated rings. The average molecular weight is 432 g/mol. The summed E-state index contributed by atoms with van der Waals surface area (Å²) in [6.07, 6.45) is 4.28. The van der Waals surface area contributed by atoms with Crippen LogP contribution in [0, 0.1) is 0 Å². The monoisotopic (exact) mass is 431 g/mol. The lowest BCUT2D eigenvalue weighted by Gasteiger charge is -2.26. The number of aliphatic imine (C=N–C) groups is 1. The fourth-order valence-corrected chi connectivity index (χ4v) is 3.60. The second kappa shape index (κ2) is 9.64. The van der Waals surface area contributed by atoms with Gasteiger partial charge in [-0.2, -0.15) is 0 Å². The smallest absolute Gasteiger partial charge is 0.225 e. The van der Waals surface area contributed by atoms with Gasteiger partial charge in [-0.3, -0.25) is 4.90 Å². The lowest BCUT2D eigenvalue weighted by molar-refractivity contribution is 0.0322. The zero-order valence-corrected chi connectivity index (χ0v) is 18.0. The SMILES string of the molecule is CC(C)Oc1cc(OC2=NC=CC2)nc2c(Cl)c(OCCN3CCOCC3)ccc12. The first-order chi connectivity index (χ1) is 14.6. The third-order valence-corrected chi connectivity index (χ3v) is 5.16. The number of morpholine rings is 1. The van der Waals surface area contributed by atoms with Crippen molar-refractivity contribution in [1.82, 2.24) is 9.88 Å². The fourth-order valence-electron chi connectivity index (χ4n) is 3.34. The number of pyridine rings is 1. The second-order valence-corrected chi connectivity index (χ2v) is 7.79. The minimum absolute atomic E-state index is 0.00263. The van der Waals surface area contributed by atoms with Gasteiger partial charge in [-0.05, 0) is 26.0 Å². The summed E-state index contributed by atoms with van der Waals surface area (Å²) in [6.45, 7) is 8.69. The van der Waals surface area contributed by atoms with E-state index < -0.39 is 0 Å². The summed E-state index contributed by atoms with van der Waals surface area (Å²) in [5, 5.41) is 1.26. The summed E-state index contributed by atoms with van der Waals surface area (Å²) in [5.41, 5.74) is 0.584.